The Hall–Kier alpha value is -2.42. The van der Waals surface area contributed by atoms with E-state index in [1.54, 1.807) is 6.07 Å². The van der Waals surface area contributed by atoms with E-state index in [-0.39, 0.29) is 18.0 Å². The molecule has 2 rings (SSSR count). The summed E-state index contributed by atoms with van der Waals surface area (Å²) in [4.78, 5) is 24.9. The highest BCUT2D eigenvalue weighted by atomic mass is 19.1. The first-order valence-electron chi connectivity index (χ1n) is 6.37. The lowest BCUT2D eigenvalue weighted by Gasteiger charge is -2.13. The minimum atomic E-state index is -0.614. The van der Waals surface area contributed by atoms with E-state index in [4.69, 9.17) is 5.26 Å². The van der Waals surface area contributed by atoms with Gasteiger partial charge in [-0.15, -0.1) is 0 Å². The molecule has 1 unspecified atom stereocenters. The van der Waals surface area contributed by atoms with Crippen LogP contribution in [-0.2, 0) is 11.3 Å². The average molecular weight is 275 g/mol. The fraction of sp³-hybridized carbons (Fsp3) is 0.357. The molecule has 1 aromatic carbocycles. The number of nitriles is 1. The molecule has 20 heavy (non-hydrogen) atoms. The SMILES string of the molecule is CCCC1NC(=O)N(Cc2ccc(F)c(C#N)c2)C1=O. The van der Waals surface area contributed by atoms with Crippen molar-refractivity contribution in [3.8, 4) is 6.07 Å². The number of nitrogens with zero attached hydrogens (tertiary/aromatic N) is 2. The normalized spacial score (nSPS) is 18.1. The lowest BCUT2D eigenvalue weighted by atomic mass is 10.1. The standard InChI is InChI=1S/C14H14FN3O2/c1-2-3-12-13(19)18(14(20)17-12)8-9-4-5-11(15)10(6-9)7-16/h4-6,12H,2-3,8H2,1H3,(H,17,20). The van der Waals surface area contributed by atoms with Gasteiger partial charge in [0, 0.05) is 0 Å². The third-order valence-corrected chi connectivity index (χ3v) is 3.18. The molecule has 1 atom stereocenters. The van der Waals surface area contributed by atoms with Gasteiger partial charge in [0.25, 0.3) is 5.91 Å². The number of benzene rings is 1. The fourth-order valence-corrected chi connectivity index (χ4v) is 2.15. The van der Waals surface area contributed by atoms with E-state index in [0.29, 0.717) is 12.0 Å². The first kappa shape index (κ1) is 14.0. The molecular weight excluding hydrogens is 261 g/mol. The van der Waals surface area contributed by atoms with Crippen LogP contribution in [0.25, 0.3) is 0 Å². The summed E-state index contributed by atoms with van der Waals surface area (Å²) in [6.07, 6.45) is 1.38. The number of carbonyl (C=O) groups excluding carboxylic acids is 2. The molecule has 0 bridgehead atoms. The monoisotopic (exact) mass is 275 g/mol. The number of nitrogens with one attached hydrogen (secondary N) is 1. The number of carbonyl (C=O) groups is 2. The molecule has 0 spiro atoms. The predicted molar refractivity (Wildman–Crippen MR) is 68.9 cm³/mol. The molecule has 0 aliphatic carbocycles. The Bertz CT molecular complexity index is 595. The zero-order valence-electron chi connectivity index (χ0n) is 11.0. The maximum Gasteiger partial charge on any atom is 0.325 e. The molecule has 1 saturated heterocycles. The van der Waals surface area contributed by atoms with Crippen LogP contribution in [0.1, 0.15) is 30.9 Å². The van der Waals surface area contributed by atoms with E-state index in [1.807, 2.05) is 6.92 Å². The van der Waals surface area contributed by atoms with Gasteiger partial charge in [0.1, 0.15) is 17.9 Å². The molecule has 1 heterocycles. The third kappa shape index (κ3) is 2.62. The molecule has 3 amide bonds. The summed E-state index contributed by atoms with van der Waals surface area (Å²) in [6.45, 7) is 1.97. The van der Waals surface area contributed by atoms with Gasteiger partial charge >= 0.3 is 6.03 Å². The summed E-state index contributed by atoms with van der Waals surface area (Å²) >= 11 is 0. The van der Waals surface area contributed by atoms with Gasteiger partial charge in [-0.25, -0.2) is 9.18 Å². The molecule has 6 heteroatoms. The third-order valence-electron chi connectivity index (χ3n) is 3.18. The van der Waals surface area contributed by atoms with E-state index in [2.05, 4.69) is 5.32 Å². The minimum absolute atomic E-state index is 0.0415. The van der Waals surface area contributed by atoms with Crippen LogP contribution < -0.4 is 5.32 Å². The van der Waals surface area contributed by atoms with Gasteiger partial charge in [-0.3, -0.25) is 9.69 Å². The van der Waals surface area contributed by atoms with Gasteiger partial charge in [0.05, 0.1) is 12.1 Å². The number of urea groups is 1. The van der Waals surface area contributed by atoms with Crippen molar-refractivity contribution in [2.75, 3.05) is 0 Å². The first-order chi connectivity index (χ1) is 9.56. The number of imide groups is 1. The van der Waals surface area contributed by atoms with Crippen molar-refractivity contribution in [1.29, 1.82) is 5.26 Å². The van der Waals surface area contributed by atoms with Crippen LogP contribution in [-0.4, -0.2) is 22.9 Å². The molecular formula is C14H14FN3O2. The zero-order chi connectivity index (χ0) is 14.7. The maximum atomic E-state index is 13.2. The molecule has 1 aromatic rings. The van der Waals surface area contributed by atoms with Gasteiger partial charge in [0.15, 0.2) is 0 Å². The molecule has 1 aliphatic heterocycles. The fourth-order valence-electron chi connectivity index (χ4n) is 2.15. The summed E-state index contributed by atoms with van der Waals surface area (Å²) in [5.41, 5.74) is 0.447. The second-order valence-corrected chi connectivity index (χ2v) is 4.64. The Labute approximate surface area is 116 Å². The molecule has 0 radical (unpaired) electrons. The van der Waals surface area contributed by atoms with Crippen molar-refractivity contribution >= 4 is 11.9 Å². The number of amides is 3. The van der Waals surface area contributed by atoms with Crippen molar-refractivity contribution in [3.63, 3.8) is 0 Å². The minimum Gasteiger partial charge on any atom is -0.326 e. The van der Waals surface area contributed by atoms with Crippen molar-refractivity contribution < 1.29 is 14.0 Å². The molecule has 1 fully saturated rings. The molecule has 5 nitrogen and oxygen atoms in total. The summed E-state index contributed by atoms with van der Waals surface area (Å²) < 4.78 is 13.2. The second-order valence-electron chi connectivity index (χ2n) is 4.64. The van der Waals surface area contributed by atoms with Gasteiger partial charge in [0.2, 0.25) is 0 Å². The van der Waals surface area contributed by atoms with E-state index >= 15 is 0 Å². The van der Waals surface area contributed by atoms with Crippen LogP contribution in [0.15, 0.2) is 18.2 Å². The van der Waals surface area contributed by atoms with Crippen LogP contribution in [0, 0.1) is 17.1 Å². The summed E-state index contributed by atoms with van der Waals surface area (Å²) in [5.74, 6) is -0.892. The molecule has 104 valence electrons. The highest BCUT2D eigenvalue weighted by Gasteiger charge is 2.37. The summed E-state index contributed by atoms with van der Waals surface area (Å²) in [7, 11) is 0. The lowest BCUT2D eigenvalue weighted by molar-refractivity contribution is -0.128. The van der Waals surface area contributed by atoms with E-state index < -0.39 is 17.9 Å². The summed E-state index contributed by atoms with van der Waals surface area (Å²) in [6, 6.07) is 4.78. The topological polar surface area (TPSA) is 73.2 Å². The molecule has 1 N–H and O–H groups in total. The Kier molecular flexibility index (Phi) is 3.99. The second kappa shape index (κ2) is 5.70. The van der Waals surface area contributed by atoms with Gasteiger partial charge < -0.3 is 5.32 Å². The van der Waals surface area contributed by atoms with E-state index in [1.165, 1.54) is 12.1 Å². The van der Waals surface area contributed by atoms with Crippen molar-refractivity contribution in [1.82, 2.24) is 10.2 Å². The van der Waals surface area contributed by atoms with Crippen LogP contribution in [0.3, 0.4) is 0 Å². The highest BCUT2D eigenvalue weighted by molar-refractivity contribution is 6.04. The first-order valence-corrected chi connectivity index (χ1v) is 6.37. The number of hydrogen-bond acceptors (Lipinski definition) is 3. The number of hydrogen-bond donors (Lipinski definition) is 1. The maximum absolute atomic E-state index is 13.2. The predicted octanol–water partition coefficient (Wildman–Crippen LogP) is 1.92. The van der Waals surface area contributed by atoms with Crippen LogP contribution in [0.4, 0.5) is 9.18 Å². The molecule has 0 aromatic heterocycles. The number of rotatable bonds is 4. The Balaban J connectivity index is 2.16. The quantitative estimate of drug-likeness (QED) is 0.853. The van der Waals surface area contributed by atoms with Gasteiger partial charge in [-0.2, -0.15) is 5.26 Å². The van der Waals surface area contributed by atoms with Crippen molar-refractivity contribution in [2.24, 2.45) is 0 Å². The highest BCUT2D eigenvalue weighted by Crippen LogP contribution is 2.16. The largest absolute Gasteiger partial charge is 0.326 e. The molecule has 0 saturated carbocycles. The molecule has 1 aliphatic rings. The average Bonchev–Trinajstić information content (AvgIpc) is 2.69. The van der Waals surface area contributed by atoms with E-state index in [9.17, 15) is 14.0 Å². The summed E-state index contributed by atoms with van der Waals surface area (Å²) in [5, 5.41) is 11.4. The lowest BCUT2D eigenvalue weighted by Crippen LogP contribution is -2.31. The van der Waals surface area contributed by atoms with Crippen molar-refractivity contribution in [2.45, 2.75) is 32.4 Å². The van der Waals surface area contributed by atoms with Crippen LogP contribution in [0.2, 0.25) is 0 Å². The zero-order valence-corrected chi connectivity index (χ0v) is 11.0. The Morgan fingerprint density at radius 3 is 2.85 bits per heavy atom. The van der Waals surface area contributed by atoms with Gasteiger partial charge in [-0.1, -0.05) is 19.4 Å². The Morgan fingerprint density at radius 2 is 2.20 bits per heavy atom. The number of halogens is 1. The van der Waals surface area contributed by atoms with Gasteiger partial charge in [-0.05, 0) is 24.1 Å². The van der Waals surface area contributed by atoms with E-state index in [0.717, 1.165) is 17.4 Å². The van der Waals surface area contributed by atoms with Crippen LogP contribution in [0.5, 0.6) is 0 Å². The smallest absolute Gasteiger partial charge is 0.325 e. The Morgan fingerprint density at radius 1 is 1.45 bits per heavy atom. The van der Waals surface area contributed by atoms with Crippen molar-refractivity contribution in [3.05, 3.63) is 35.1 Å². The van der Waals surface area contributed by atoms with Crippen LogP contribution >= 0.6 is 0 Å².